The molecule has 0 fully saturated rings. The van der Waals surface area contributed by atoms with Crippen LogP contribution in [-0.2, 0) is 4.79 Å². The van der Waals surface area contributed by atoms with E-state index in [0.717, 1.165) is 5.75 Å². The second-order valence-electron chi connectivity index (χ2n) is 6.63. The lowest BCUT2D eigenvalue weighted by Crippen LogP contribution is -2.41. The Hall–Kier alpha value is -1.26. The van der Waals surface area contributed by atoms with Crippen LogP contribution in [0.4, 0.5) is 0 Å². The van der Waals surface area contributed by atoms with Gasteiger partial charge in [0, 0.05) is 13.6 Å². The van der Waals surface area contributed by atoms with E-state index in [2.05, 4.69) is 13.8 Å². The van der Waals surface area contributed by atoms with Crippen molar-refractivity contribution in [1.29, 1.82) is 0 Å². The fourth-order valence-electron chi connectivity index (χ4n) is 2.00. The maximum atomic E-state index is 12.0. The Balaban J connectivity index is 0.00000441. The average molecular weight is 329 g/mol. The average Bonchev–Trinajstić information content (AvgIpc) is 2.44. The van der Waals surface area contributed by atoms with E-state index in [4.69, 9.17) is 10.5 Å². The summed E-state index contributed by atoms with van der Waals surface area (Å²) in [6, 6.07) is 7.89. The summed E-state index contributed by atoms with van der Waals surface area (Å²) < 4.78 is 5.55. The summed E-state index contributed by atoms with van der Waals surface area (Å²) in [7, 11) is 1.78. The van der Waals surface area contributed by atoms with Crippen molar-refractivity contribution in [2.75, 3.05) is 26.7 Å². The third-order valence-electron chi connectivity index (χ3n) is 3.55. The number of rotatable bonds is 7. The molecule has 0 unspecified atom stereocenters. The zero-order valence-electron chi connectivity index (χ0n) is 14.3. The van der Waals surface area contributed by atoms with Gasteiger partial charge in [-0.25, -0.2) is 0 Å². The van der Waals surface area contributed by atoms with Crippen LogP contribution >= 0.6 is 12.4 Å². The molecule has 1 aromatic carbocycles. The minimum atomic E-state index is -0.0800. The van der Waals surface area contributed by atoms with E-state index in [1.54, 1.807) is 11.9 Å². The standard InChI is InChI=1S/C17H28N2O2.ClH/c1-13(2)14-6-8-15(9-7-14)21-10-16(20)19(5)12-17(3,4)11-18;/h6-9,13H,10-12,18H2,1-5H3;1H. The number of ether oxygens (including phenoxy) is 1. The summed E-state index contributed by atoms with van der Waals surface area (Å²) in [6.07, 6.45) is 0. The largest absolute Gasteiger partial charge is 0.484 e. The molecule has 2 N–H and O–H groups in total. The number of halogens is 1. The van der Waals surface area contributed by atoms with Gasteiger partial charge in [-0.3, -0.25) is 4.79 Å². The van der Waals surface area contributed by atoms with Gasteiger partial charge in [-0.05, 0) is 35.6 Å². The molecule has 4 nitrogen and oxygen atoms in total. The highest BCUT2D eigenvalue weighted by molar-refractivity contribution is 5.85. The first-order valence-electron chi connectivity index (χ1n) is 7.42. The molecule has 0 radical (unpaired) electrons. The van der Waals surface area contributed by atoms with Crippen LogP contribution in [-0.4, -0.2) is 37.6 Å². The van der Waals surface area contributed by atoms with Gasteiger partial charge in [0.05, 0.1) is 0 Å². The number of likely N-dealkylation sites (N-methyl/N-ethyl adjacent to an activating group) is 1. The predicted octanol–water partition coefficient (Wildman–Crippen LogP) is 3.05. The number of benzene rings is 1. The molecule has 0 bridgehead atoms. The topological polar surface area (TPSA) is 55.6 Å². The van der Waals surface area contributed by atoms with E-state index < -0.39 is 0 Å². The fraction of sp³-hybridized carbons (Fsp3) is 0.588. The molecule has 0 aliphatic rings. The van der Waals surface area contributed by atoms with Gasteiger partial charge >= 0.3 is 0 Å². The van der Waals surface area contributed by atoms with E-state index in [9.17, 15) is 4.79 Å². The van der Waals surface area contributed by atoms with E-state index in [1.807, 2.05) is 38.1 Å². The van der Waals surface area contributed by atoms with Gasteiger partial charge < -0.3 is 15.4 Å². The van der Waals surface area contributed by atoms with E-state index in [1.165, 1.54) is 5.56 Å². The van der Waals surface area contributed by atoms with Gasteiger partial charge in [0.2, 0.25) is 0 Å². The van der Waals surface area contributed by atoms with Crippen molar-refractivity contribution < 1.29 is 9.53 Å². The molecule has 0 aliphatic heterocycles. The van der Waals surface area contributed by atoms with Gasteiger partial charge in [-0.1, -0.05) is 39.8 Å². The lowest BCUT2D eigenvalue weighted by molar-refractivity contribution is -0.133. The number of nitrogens with two attached hydrogens (primary N) is 1. The number of nitrogens with zero attached hydrogens (tertiary/aromatic N) is 1. The number of hydrogen-bond donors (Lipinski definition) is 1. The summed E-state index contributed by atoms with van der Waals surface area (Å²) in [5.41, 5.74) is 6.87. The molecule has 0 saturated carbocycles. The summed E-state index contributed by atoms with van der Waals surface area (Å²) in [5, 5.41) is 0. The minimum absolute atomic E-state index is 0. The summed E-state index contributed by atoms with van der Waals surface area (Å²) >= 11 is 0. The lowest BCUT2D eigenvalue weighted by Gasteiger charge is -2.29. The summed E-state index contributed by atoms with van der Waals surface area (Å²) in [4.78, 5) is 13.7. The minimum Gasteiger partial charge on any atom is -0.484 e. The second kappa shape index (κ2) is 9.01. The highest BCUT2D eigenvalue weighted by Crippen LogP contribution is 2.19. The quantitative estimate of drug-likeness (QED) is 0.837. The third-order valence-corrected chi connectivity index (χ3v) is 3.55. The van der Waals surface area contributed by atoms with Crippen molar-refractivity contribution in [3.05, 3.63) is 29.8 Å². The fourth-order valence-corrected chi connectivity index (χ4v) is 2.00. The monoisotopic (exact) mass is 328 g/mol. The SMILES string of the molecule is CC(C)c1ccc(OCC(=O)N(C)CC(C)(C)CN)cc1.Cl. The molecule has 1 aromatic rings. The lowest BCUT2D eigenvalue weighted by atomic mass is 9.93. The van der Waals surface area contributed by atoms with E-state index in [0.29, 0.717) is 19.0 Å². The summed E-state index contributed by atoms with van der Waals surface area (Å²) in [6.45, 7) is 9.60. The molecule has 0 aromatic heterocycles. The van der Waals surface area contributed by atoms with Crippen molar-refractivity contribution in [2.24, 2.45) is 11.1 Å². The Morgan fingerprint density at radius 2 is 1.82 bits per heavy atom. The highest BCUT2D eigenvalue weighted by atomic mass is 35.5. The van der Waals surface area contributed by atoms with Gasteiger partial charge in [-0.2, -0.15) is 0 Å². The second-order valence-corrected chi connectivity index (χ2v) is 6.63. The molecule has 1 rings (SSSR count). The van der Waals surface area contributed by atoms with Crippen LogP contribution in [0.5, 0.6) is 5.75 Å². The molecule has 22 heavy (non-hydrogen) atoms. The Kier molecular flexibility index (Phi) is 8.49. The van der Waals surface area contributed by atoms with Crippen LogP contribution in [0.3, 0.4) is 0 Å². The molecule has 0 heterocycles. The van der Waals surface area contributed by atoms with E-state index in [-0.39, 0.29) is 30.3 Å². The van der Waals surface area contributed by atoms with E-state index >= 15 is 0 Å². The van der Waals surface area contributed by atoms with Crippen LogP contribution in [0.25, 0.3) is 0 Å². The molecule has 0 atom stereocenters. The molecule has 0 aliphatic carbocycles. The number of amides is 1. The van der Waals surface area contributed by atoms with Gasteiger partial charge in [0.1, 0.15) is 5.75 Å². The van der Waals surface area contributed by atoms with Gasteiger partial charge in [0.25, 0.3) is 5.91 Å². The number of carbonyl (C=O) groups is 1. The van der Waals surface area contributed by atoms with Crippen molar-refractivity contribution in [1.82, 2.24) is 4.90 Å². The van der Waals surface area contributed by atoms with Crippen LogP contribution in [0.15, 0.2) is 24.3 Å². The maximum Gasteiger partial charge on any atom is 0.260 e. The first-order valence-corrected chi connectivity index (χ1v) is 7.42. The number of hydrogen-bond acceptors (Lipinski definition) is 3. The van der Waals surface area contributed by atoms with Crippen molar-refractivity contribution in [3.8, 4) is 5.75 Å². The van der Waals surface area contributed by atoms with Crippen LogP contribution in [0, 0.1) is 5.41 Å². The first-order chi connectivity index (χ1) is 9.75. The van der Waals surface area contributed by atoms with Crippen molar-refractivity contribution in [3.63, 3.8) is 0 Å². The maximum absolute atomic E-state index is 12.0. The predicted molar refractivity (Wildman–Crippen MR) is 93.7 cm³/mol. The van der Waals surface area contributed by atoms with Crippen LogP contribution in [0.2, 0.25) is 0 Å². The van der Waals surface area contributed by atoms with Crippen molar-refractivity contribution >= 4 is 18.3 Å². The zero-order valence-corrected chi connectivity index (χ0v) is 15.1. The normalized spacial score (nSPS) is 11.0. The molecule has 5 heteroatoms. The third kappa shape index (κ3) is 6.67. The molecular weight excluding hydrogens is 300 g/mol. The Morgan fingerprint density at radius 1 is 1.27 bits per heavy atom. The van der Waals surface area contributed by atoms with Crippen LogP contribution < -0.4 is 10.5 Å². The molecule has 126 valence electrons. The Morgan fingerprint density at radius 3 is 2.27 bits per heavy atom. The van der Waals surface area contributed by atoms with Crippen LogP contribution in [0.1, 0.15) is 39.2 Å². The molecule has 0 spiro atoms. The highest BCUT2D eigenvalue weighted by Gasteiger charge is 2.21. The van der Waals surface area contributed by atoms with Gasteiger partial charge in [0.15, 0.2) is 6.61 Å². The zero-order chi connectivity index (χ0) is 16.0. The smallest absolute Gasteiger partial charge is 0.260 e. The number of carbonyl (C=O) groups excluding carboxylic acids is 1. The first kappa shape index (κ1) is 20.7. The Labute approximate surface area is 140 Å². The summed E-state index contributed by atoms with van der Waals surface area (Å²) in [5.74, 6) is 1.18. The molecular formula is C17H29ClN2O2. The molecule has 0 saturated heterocycles. The Bertz CT molecular complexity index is 458. The van der Waals surface area contributed by atoms with Gasteiger partial charge in [-0.15, -0.1) is 12.4 Å². The van der Waals surface area contributed by atoms with Crippen molar-refractivity contribution in [2.45, 2.75) is 33.6 Å². The molecule has 1 amide bonds.